The first-order valence-corrected chi connectivity index (χ1v) is 7.54. The zero-order chi connectivity index (χ0) is 17.0. The van der Waals surface area contributed by atoms with E-state index in [1.165, 1.54) is 12.5 Å². The molecule has 2 rings (SSSR count). The molecule has 0 fully saturated rings. The van der Waals surface area contributed by atoms with Crippen LogP contribution in [0.1, 0.15) is 36.1 Å². The summed E-state index contributed by atoms with van der Waals surface area (Å²) in [4.78, 5) is 23.0. The van der Waals surface area contributed by atoms with Gasteiger partial charge in [0.15, 0.2) is 5.78 Å². The molecule has 2 aromatic rings. The van der Waals surface area contributed by atoms with Crippen molar-refractivity contribution in [3.8, 4) is 0 Å². The van der Waals surface area contributed by atoms with Gasteiger partial charge in [0.05, 0.1) is 0 Å². The van der Waals surface area contributed by atoms with E-state index in [9.17, 15) is 9.59 Å². The third-order valence-corrected chi connectivity index (χ3v) is 3.56. The maximum absolute atomic E-state index is 11.7. The van der Waals surface area contributed by atoms with Gasteiger partial charge in [-0.1, -0.05) is 35.9 Å². The van der Waals surface area contributed by atoms with Crippen LogP contribution in [0.25, 0.3) is 5.57 Å². The van der Waals surface area contributed by atoms with Crippen LogP contribution in [0.4, 0.5) is 5.69 Å². The van der Waals surface area contributed by atoms with Crippen molar-refractivity contribution in [1.82, 2.24) is 0 Å². The molecule has 0 aliphatic heterocycles. The first-order valence-electron chi connectivity index (χ1n) is 7.54. The van der Waals surface area contributed by atoms with Crippen molar-refractivity contribution in [2.75, 3.05) is 5.32 Å². The zero-order valence-corrected chi connectivity index (χ0v) is 13.9. The molecule has 0 atom stereocenters. The van der Waals surface area contributed by atoms with Gasteiger partial charge in [-0.15, -0.1) is 0 Å². The Morgan fingerprint density at radius 3 is 2.17 bits per heavy atom. The van der Waals surface area contributed by atoms with Crippen molar-refractivity contribution < 1.29 is 9.59 Å². The van der Waals surface area contributed by atoms with Crippen molar-refractivity contribution in [3.63, 3.8) is 0 Å². The minimum atomic E-state index is -0.118. The Balaban J connectivity index is 2.58. The molecule has 0 aromatic heterocycles. The summed E-state index contributed by atoms with van der Waals surface area (Å²) in [6.45, 7) is 7.04. The van der Waals surface area contributed by atoms with Crippen molar-refractivity contribution >= 4 is 23.0 Å². The lowest BCUT2D eigenvalue weighted by atomic mass is 9.92. The van der Waals surface area contributed by atoms with Crippen molar-refractivity contribution in [2.45, 2.75) is 27.7 Å². The molecule has 0 heterocycles. The van der Waals surface area contributed by atoms with Gasteiger partial charge in [-0.2, -0.15) is 0 Å². The molecule has 118 valence electrons. The number of benzene rings is 2. The summed E-state index contributed by atoms with van der Waals surface area (Å²) in [5, 5.41) is 2.79. The van der Waals surface area contributed by atoms with Gasteiger partial charge in [0, 0.05) is 12.6 Å². The molecule has 1 N–H and O–H groups in total. The number of hydrogen-bond acceptors (Lipinski definition) is 2. The fourth-order valence-corrected chi connectivity index (χ4v) is 2.45. The minimum Gasteiger partial charge on any atom is -0.326 e. The molecule has 23 heavy (non-hydrogen) atoms. The average Bonchev–Trinajstić information content (AvgIpc) is 2.47. The summed E-state index contributed by atoms with van der Waals surface area (Å²) in [6, 6.07) is 13.8. The Labute approximate surface area is 137 Å². The fraction of sp³-hybridized carbons (Fsp3) is 0.200. The lowest BCUT2D eigenvalue weighted by Crippen LogP contribution is -2.06. The topological polar surface area (TPSA) is 46.2 Å². The van der Waals surface area contributed by atoms with Gasteiger partial charge in [-0.25, -0.2) is 0 Å². The molecule has 0 aliphatic rings. The summed E-state index contributed by atoms with van der Waals surface area (Å²) >= 11 is 0. The molecule has 3 heteroatoms. The first kappa shape index (κ1) is 16.7. The molecule has 0 saturated heterocycles. The number of carbonyl (C=O) groups is 2. The number of amides is 1. The lowest BCUT2D eigenvalue weighted by Gasteiger charge is -2.14. The van der Waals surface area contributed by atoms with E-state index in [4.69, 9.17) is 0 Å². The van der Waals surface area contributed by atoms with Gasteiger partial charge in [-0.3, -0.25) is 9.59 Å². The van der Waals surface area contributed by atoms with Crippen LogP contribution in [0, 0.1) is 13.8 Å². The molecule has 0 unspecified atom stereocenters. The molecule has 1 amide bonds. The van der Waals surface area contributed by atoms with Gasteiger partial charge in [0.1, 0.15) is 0 Å². The van der Waals surface area contributed by atoms with Crippen LogP contribution in [-0.2, 0) is 9.59 Å². The number of nitrogens with one attached hydrogen (secondary N) is 1. The summed E-state index contributed by atoms with van der Waals surface area (Å²) < 4.78 is 0. The highest BCUT2D eigenvalue weighted by Gasteiger charge is 2.11. The maximum atomic E-state index is 11.7. The third kappa shape index (κ3) is 4.39. The largest absolute Gasteiger partial charge is 0.326 e. The Kier molecular flexibility index (Phi) is 5.12. The third-order valence-electron chi connectivity index (χ3n) is 3.56. The molecule has 0 radical (unpaired) electrons. The Morgan fingerprint density at radius 1 is 0.957 bits per heavy atom. The number of rotatable bonds is 4. The Bertz CT molecular complexity index is 771. The van der Waals surface area contributed by atoms with E-state index in [0.29, 0.717) is 0 Å². The van der Waals surface area contributed by atoms with Gasteiger partial charge in [0.2, 0.25) is 5.91 Å². The predicted molar refractivity (Wildman–Crippen MR) is 94.4 cm³/mol. The van der Waals surface area contributed by atoms with Crippen LogP contribution in [0.5, 0.6) is 0 Å². The van der Waals surface area contributed by atoms with Gasteiger partial charge in [-0.05, 0) is 61.2 Å². The Hall–Kier alpha value is -2.68. The lowest BCUT2D eigenvalue weighted by molar-refractivity contribution is -0.114. The minimum absolute atomic E-state index is 0.00935. The van der Waals surface area contributed by atoms with E-state index in [2.05, 4.69) is 5.32 Å². The van der Waals surface area contributed by atoms with E-state index in [1.54, 1.807) is 13.0 Å². The Morgan fingerprint density at radius 2 is 1.61 bits per heavy atom. The second-order valence-corrected chi connectivity index (χ2v) is 5.75. The number of ketones is 1. The number of carbonyl (C=O) groups excluding carboxylic acids is 2. The zero-order valence-electron chi connectivity index (χ0n) is 13.9. The molecule has 0 aliphatic carbocycles. The molecular weight excluding hydrogens is 286 g/mol. The highest BCUT2D eigenvalue weighted by atomic mass is 16.1. The SMILES string of the molecule is CC(=O)/C=C(/c1ccc(C)cc1)c1cc(NC(C)=O)ccc1C. The molecular formula is C20H21NO2. The van der Waals surface area contributed by atoms with Gasteiger partial charge in [0.25, 0.3) is 0 Å². The first-order chi connectivity index (χ1) is 10.9. The second-order valence-electron chi connectivity index (χ2n) is 5.75. The van der Waals surface area contributed by atoms with E-state index in [1.807, 2.05) is 56.3 Å². The standard InChI is InChI=1S/C20H21NO2/c1-13-5-8-17(9-6-13)20(11-15(3)22)19-12-18(21-16(4)23)10-7-14(19)2/h5-12H,1-4H3,(H,21,23)/b20-11-. The van der Waals surface area contributed by atoms with E-state index < -0.39 is 0 Å². The number of hydrogen-bond donors (Lipinski definition) is 1. The second kappa shape index (κ2) is 7.05. The van der Waals surface area contributed by atoms with Crippen LogP contribution in [0.2, 0.25) is 0 Å². The van der Waals surface area contributed by atoms with Crippen molar-refractivity contribution in [2.24, 2.45) is 0 Å². The van der Waals surface area contributed by atoms with Crippen LogP contribution in [0.3, 0.4) is 0 Å². The number of aryl methyl sites for hydroxylation is 2. The molecule has 0 spiro atoms. The monoisotopic (exact) mass is 307 g/mol. The smallest absolute Gasteiger partial charge is 0.221 e. The van der Waals surface area contributed by atoms with Crippen molar-refractivity contribution in [1.29, 1.82) is 0 Å². The normalized spacial score (nSPS) is 11.2. The predicted octanol–water partition coefficient (Wildman–Crippen LogP) is 4.28. The fourth-order valence-electron chi connectivity index (χ4n) is 2.45. The van der Waals surface area contributed by atoms with Crippen LogP contribution in [0.15, 0.2) is 48.5 Å². The maximum Gasteiger partial charge on any atom is 0.221 e. The molecule has 2 aromatic carbocycles. The van der Waals surface area contributed by atoms with Gasteiger partial charge < -0.3 is 5.32 Å². The van der Waals surface area contributed by atoms with Crippen LogP contribution in [-0.4, -0.2) is 11.7 Å². The molecule has 0 bridgehead atoms. The summed E-state index contributed by atoms with van der Waals surface area (Å²) in [7, 11) is 0. The molecule has 0 saturated carbocycles. The number of anilines is 1. The highest BCUT2D eigenvalue weighted by molar-refractivity contribution is 6.00. The van der Waals surface area contributed by atoms with Crippen LogP contribution >= 0.6 is 0 Å². The van der Waals surface area contributed by atoms with Crippen molar-refractivity contribution in [3.05, 3.63) is 70.8 Å². The molecule has 3 nitrogen and oxygen atoms in total. The van der Waals surface area contributed by atoms with Crippen LogP contribution < -0.4 is 5.32 Å². The van der Waals surface area contributed by atoms with E-state index in [-0.39, 0.29) is 11.7 Å². The average molecular weight is 307 g/mol. The quantitative estimate of drug-likeness (QED) is 0.857. The number of allylic oxidation sites excluding steroid dienone is 1. The summed E-state index contributed by atoms with van der Waals surface area (Å²) in [5.74, 6) is -0.128. The summed E-state index contributed by atoms with van der Waals surface area (Å²) in [6.07, 6.45) is 1.64. The van der Waals surface area contributed by atoms with E-state index >= 15 is 0 Å². The van der Waals surface area contributed by atoms with E-state index in [0.717, 1.165) is 28.0 Å². The van der Waals surface area contributed by atoms with Gasteiger partial charge >= 0.3 is 0 Å². The summed E-state index contributed by atoms with van der Waals surface area (Å²) in [5.41, 5.74) is 5.72. The highest BCUT2D eigenvalue weighted by Crippen LogP contribution is 2.29.